The summed E-state index contributed by atoms with van der Waals surface area (Å²) in [7, 11) is 0. The van der Waals surface area contributed by atoms with Crippen LogP contribution in [0.5, 0.6) is 0 Å². The maximum absolute atomic E-state index is 13.2. The second-order valence-corrected chi connectivity index (χ2v) is 8.43. The molecule has 2 aromatic carbocycles. The number of aliphatic hydroxyl groups is 1. The van der Waals surface area contributed by atoms with Crippen LogP contribution >= 0.6 is 0 Å². The molecule has 3 aromatic rings. The van der Waals surface area contributed by atoms with Crippen LogP contribution in [-0.4, -0.2) is 45.9 Å². The molecule has 2 atom stereocenters. The maximum Gasteiger partial charge on any atom is 0.295 e. The summed E-state index contributed by atoms with van der Waals surface area (Å²) in [5, 5.41) is 12.1. The zero-order chi connectivity index (χ0) is 22.2. The summed E-state index contributed by atoms with van der Waals surface area (Å²) in [4.78, 5) is 31.0. The minimum absolute atomic E-state index is 0.0984. The van der Waals surface area contributed by atoms with Crippen molar-refractivity contribution < 1.29 is 19.4 Å². The molecule has 0 bridgehead atoms. The number of benzene rings is 2. The third kappa shape index (κ3) is 3.41. The number of ketones is 1. The Labute approximate surface area is 186 Å². The Balaban J connectivity index is 1.65. The molecule has 0 radical (unpaired) electrons. The number of amides is 1. The van der Waals surface area contributed by atoms with Crippen molar-refractivity contribution >= 4 is 28.4 Å². The molecule has 0 aliphatic carbocycles. The van der Waals surface area contributed by atoms with E-state index in [-0.39, 0.29) is 17.4 Å². The highest BCUT2D eigenvalue weighted by atomic mass is 16.5. The van der Waals surface area contributed by atoms with Crippen molar-refractivity contribution in [2.75, 3.05) is 13.2 Å². The van der Waals surface area contributed by atoms with Gasteiger partial charge >= 0.3 is 0 Å². The molecule has 1 aromatic heterocycles. The number of fused-ring (bicyclic) bond motifs is 1. The molecule has 2 N–H and O–H groups in total. The van der Waals surface area contributed by atoms with E-state index >= 15 is 0 Å². The van der Waals surface area contributed by atoms with Gasteiger partial charge in [0.15, 0.2) is 0 Å². The number of nitrogens with one attached hydrogen (secondary N) is 1. The van der Waals surface area contributed by atoms with E-state index in [0.717, 1.165) is 35.7 Å². The first-order valence-electron chi connectivity index (χ1n) is 11.1. The number of rotatable bonds is 5. The number of hydrogen-bond donors (Lipinski definition) is 2. The van der Waals surface area contributed by atoms with Gasteiger partial charge in [-0.2, -0.15) is 0 Å². The molecule has 0 saturated carbocycles. The van der Waals surface area contributed by atoms with Gasteiger partial charge in [0.1, 0.15) is 5.76 Å². The van der Waals surface area contributed by atoms with Gasteiger partial charge in [-0.1, -0.05) is 49.4 Å². The fourth-order valence-corrected chi connectivity index (χ4v) is 4.77. The van der Waals surface area contributed by atoms with Crippen molar-refractivity contribution in [1.82, 2.24) is 9.88 Å². The smallest absolute Gasteiger partial charge is 0.295 e. The third-order valence-corrected chi connectivity index (χ3v) is 6.51. The largest absolute Gasteiger partial charge is 0.507 e. The van der Waals surface area contributed by atoms with Crippen molar-refractivity contribution in [2.45, 2.75) is 38.3 Å². The molecule has 32 heavy (non-hydrogen) atoms. The highest BCUT2D eigenvalue weighted by Gasteiger charge is 2.47. The lowest BCUT2D eigenvalue weighted by Gasteiger charge is -2.27. The molecular formula is C26H26N2O4. The molecule has 2 unspecified atom stereocenters. The number of carbonyl (C=O) groups excluding carboxylic acids is 2. The van der Waals surface area contributed by atoms with Crippen LogP contribution < -0.4 is 0 Å². The Morgan fingerprint density at radius 3 is 2.66 bits per heavy atom. The molecule has 2 aliphatic rings. The monoisotopic (exact) mass is 430 g/mol. The lowest BCUT2D eigenvalue weighted by molar-refractivity contribution is -0.140. The Morgan fingerprint density at radius 1 is 1.16 bits per heavy atom. The van der Waals surface area contributed by atoms with E-state index in [9.17, 15) is 14.7 Å². The van der Waals surface area contributed by atoms with Gasteiger partial charge in [-0.3, -0.25) is 9.59 Å². The van der Waals surface area contributed by atoms with Crippen molar-refractivity contribution in [3.8, 4) is 0 Å². The highest BCUT2D eigenvalue weighted by Crippen LogP contribution is 2.41. The van der Waals surface area contributed by atoms with Crippen molar-refractivity contribution in [3.63, 3.8) is 0 Å². The van der Waals surface area contributed by atoms with Crippen LogP contribution in [0.15, 0.2) is 60.3 Å². The van der Waals surface area contributed by atoms with Gasteiger partial charge in [-0.05, 0) is 36.5 Å². The molecule has 164 valence electrons. The normalized spacial score (nSPS) is 22.8. The predicted molar refractivity (Wildman–Crippen MR) is 122 cm³/mol. The van der Waals surface area contributed by atoms with Gasteiger partial charge in [0.2, 0.25) is 0 Å². The molecule has 2 aliphatic heterocycles. The molecule has 2 saturated heterocycles. The first kappa shape index (κ1) is 20.5. The molecule has 6 nitrogen and oxygen atoms in total. The van der Waals surface area contributed by atoms with Crippen molar-refractivity contribution in [2.24, 2.45) is 0 Å². The van der Waals surface area contributed by atoms with Crippen LogP contribution in [-0.2, 0) is 20.7 Å². The summed E-state index contributed by atoms with van der Waals surface area (Å²) in [6.07, 6.45) is 4.28. The third-order valence-electron chi connectivity index (χ3n) is 6.51. The Hall–Kier alpha value is -3.38. The number of aliphatic hydroxyl groups excluding tert-OH is 1. The summed E-state index contributed by atoms with van der Waals surface area (Å²) in [5.41, 5.74) is 3.47. The summed E-state index contributed by atoms with van der Waals surface area (Å²) in [6.45, 7) is 3.07. The van der Waals surface area contributed by atoms with Crippen LogP contribution in [0.3, 0.4) is 0 Å². The van der Waals surface area contributed by atoms with Crippen molar-refractivity contribution in [1.29, 1.82) is 0 Å². The van der Waals surface area contributed by atoms with Crippen LogP contribution in [0, 0.1) is 0 Å². The van der Waals surface area contributed by atoms with E-state index in [1.165, 1.54) is 5.56 Å². The van der Waals surface area contributed by atoms with E-state index in [2.05, 4.69) is 11.9 Å². The second kappa shape index (κ2) is 8.28. The number of aromatic amines is 1. The van der Waals surface area contributed by atoms with Crippen LogP contribution in [0.25, 0.3) is 16.7 Å². The summed E-state index contributed by atoms with van der Waals surface area (Å²) in [6, 6.07) is 14.8. The van der Waals surface area contributed by atoms with E-state index in [1.807, 2.05) is 48.5 Å². The van der Waals surface area contributed by atoms with E-state index in [4.69, 9.17) is 4.74 Å². The standard InChI is InChI=1S/C26H26N2O4/c1-2-16-9-11-17(12-10-16)23-22(24(29)20-14-27-21-8-4-3-7-19(20)21)25(30)26(31)28(23)15-18-6-5-13-32-18/h3-4,7-12,14,18,23,27,29H,2,5-6,13,15H2,1H3/b24-22-. The first-order valence-corrected chi connectivity index (χ1v) is 11.1. The molecule has 5 rings (SSSR count). The van der Waals surface area contributed by atoms with Gasteiger partial charge in [0.25, 0.3) is 11.7 Å². The number of para-hydroxylation sites is 1. The number of ether oxygens (including phenoxy) is 1. The van der Waals surface area contributed by atoms with Crippen LogP contribution in [0.4, 0.5) is 0 Å². The van der Waals surface area contributed by atoms with Crippen LogP contribution in [0.1, 0.15) is 42.5 Å². The number of likely N-dealkylation sites (tertiary alicyclic amines) is 1. The quantitative estimate of drug-likeness (QED) is 0.359. The maximum atomic E-state index is 13.2. The minimum Gasteiger partial charge on any atom is -0.507 e. The molecule has 3 heterocycles. The van der Waals surface area contributed by atoms with E-state index in [1.54, 1.807) is 11.1 Å². The SMILES string of the molecule is CCc1ccc(C2/C(=C(/O)c3c[nH]c4ccccc34)C(=O)C(=O)N2CC2CCCO2)cc1. The van der Waals surface area contributed by atoms with Crippen LogP contribution in [0.2, 0.25) is 0 Å². The van der Waals surface area contributed by atoms with E-state index in [0.29, 0.717) is 18.7 Å². The minimum atomic E-state index is -0.657. The molecular weight excluding hydrogens is 404 g/mol. The summed E-state index contributed by atoms with van der Waals surface area (Å²) in [5.74, 6) is -1.40. The molecule has 0 spiro atoms. The summed E-state index contributed by atoms with van der Waals surface area (Å²) < 4.78 is 5.76. The zero-order valence-corrected chi connectivity index (χ0v) is 18.0. The summed E-state index contributed by atoms with van der Waals surface area (Å²) >= 11 is 0. The Bertz CT molecular complexity index is 1200. The van der Waals surface area contributed by atoms with Gasteiger partial charge < -0.3 is 19.7 Å². The number of hydrogen-bond acceptors (Lipinski definition) is 4. The predicted octanol–water partition coefficient (Wildman–Crippen LogP) is 4.33. The second-order valence-electron chi connectivity index (χ2n) is 8.43. The number of aromatic nitrogens is 1. The first-order chi connectivity index (χ1) is 15.6. The number of aryl methyl sites for hydroxylation is 1. The molecule has 1 amide bonds. The number of carbonyl (C=O) groups is 2. The van der Waals surface area contributed by atoms with Crippen molar-refractivity contribution in [3.05, 3.63) is 77.0 Å². The van der Waals surface area contributed by atoms with Gasteiger partial charge in [-0.15, -0.1) is 0 Å². The average Bonchev–Trinajstić information content (AvgIpc) is 3.54. The number of nitrogens with zero attached hydrogens (tertiary/aromatic N) is 1. The van der Waals surface area contributed by atoms with Gasteiger partial charge in [0.05, 0.1) is 17.7 Å². The average molecular weight is 431 g/mol. The fourth-order valence-electron chi connectivity index (χ4n) is 4.77. The zero-order valence-electron chi connectivity index (χ0n) is 18.0. The van der Waals surface area contributed by atoms with Gasteiger partial charge in [0, 0.05) is 35.8 Å². The highest BCUT2D eigenvalue weighted by molar-refractivity contribution is 6.46. The number of Topliss-reactive ketones (excluding diaryl/α,β-unsaturated/α-hetero) is 1. The topological polar surface area (TPSA) is 82.6 Å². The lowest BCUT2D eigenvalue weighted by Crippen LogP contribution is -2.36. The molecule has 6 heteroatoms. The Morgan fingerprint density at radius 2 is 1.94 bits per heavy atom. The molecule has 2 fully saturated rings. The Kier molecular flexibility index (Phi) is 5.31. The number of H-pyrrole nitrogens is 1. The fraction of sp³-hybridized carbons (Fsp3) is 0.308. The lowest BCUT2D eigenvalue weighted by atomic mass is 9.94. The van der Waals surface area contributed by atoms with E-state index < -0.39 is 17.7 Å². The van der Waals surface area contributed by atoms with Gasteiger partial charge in [-0.25, -0.2) is 0 Å².